The van der Waals surface area contributed by atoms with Gasteiger partial charge in [-0.25, -0.2) is 19.1 Å². The molecule has 112 valence electrons. The highest BCUT2D eigenvalue weighted by atomic mass is 16.6. The van der Waals surface area contributed by atoms with Gasteiger partial charge in [-0.15, -0.1) is 0 Å². The van der Waals surface area contributed by atoms with E-state index in [4.69, 9.17) is 9.47 Å². The number of aromatic nitrogens is 2. The minimum Gasteiger partial charge on any atom is -0.444 e. The van der Waals surface area contributed by atoms with Gasteiger partial charge in [-0.05, 0) is 41.5 Å². The number of nitrogens with one attached hydrogen (secondary N) is 1. The molecule has 0 saturated heterocycles. The number of ether oxygens (including phenoxy) is 2. The van der Waals surface area contributed by atoms with E-state index in [1.54, 1.807) is 41.5 Å². The van der Waals surface area contributed by atoms with Crippen LogP contribution in [0.3, 0.4) is 0 Å². The standard InChI is InChI=1S/C13H21N3O4/c1-12(2,3)19-10(17)15-9-7-16(8-14-9)11(18)20-13(4,5)6/h7-8H,1-6H3,(H,15,17). The molecule has 0 atom stereocenters. The monoisotopic (exact) mass is 283 g/mol. The first-order chi connectivity index (χ1) is 8.96. The van der Waals surface area contributed by atoms with Crippen LogP contribution in [-0.2, 0) is 9.47 Å². The topological polar surface area (TPSA) is 82.5 Å². The Morgan fingerprint density at radius 1 is 1.10 bits per heavy atom. The SMILES string of the molecule is CC(C)(C)OC(=O)Nc1cn(C(=O)OC(C)(C)C)cn1. The summed E-state index contributed by atoms with van der Waals surface area (Å²) < 4.78 is 11.4. The molecule has 1 rings (SSSR count). The van der Waals surface area contributed by atoms with Crippen LogP contribution < -0.4 is 5.32 Å². The summed E-state index contributed by atoms with van der Waals surface area (Å²) in [5, 5.41) is 2.44. The Bertz CT molecular complexity index is 494. The molecule has 0 radical (unpaired) electrons. The molecule has 0 aliphatic heterocycles. The Morgan fingerprint density at radius 3 is 2.15 bits per heavy atom. The molecule has 0 bridgehead atoms. The van der Waals surface area contributed by atoms with Crippen LogP contribution in [0, 0.1) is 0 Å². The number of carbonyl (C=O) groups is 2. The molecule has 1 aromatic rings. The Labute approximate surface area is 118 Å². The van der Waals surface area contributed by atoms with Gasteiger partial charge in [0.2, 0.25) is 0 Å². The smallest absolute Gasteiger partial charge is 0.419 e. The molecule has 1 amide bonds. The third kappa shape index (κ3) is 5.73. The van der Waals surface area contributed by atoms with E-state index in [9.17, 15) is 9.59 Å². The Morgan fingerprint density at radius 2 is 1.65 bits per heavy atom. The van der Waals surface area contributed by atoms with Crippen molar-refractivity contribution in [1.82, 2.24) is 9.55 Å². The van der Waals surface area contributed by atoms with Crippen molar-refractivity contribution < 1.29 is 19.1 Å². The van der Waals surface area contributed by atoms with Crippen LogP contribution in [0.15, 0.2) is 12.5 Å². The summed E-state index contributed by atoms with van der Waals surface area (Å²) in [5.41, 5.74) is -1.20. The number of carbonyl (C=O) groups excluding carboxylic acids is 2. The second kappa shape index (κ2) is 5.52. The molecule has 0 spiro atoms. The van der Waals surface area contributed by atoms with Gasteiger partial charge in [0.05, 0.1) is 6.20 Å². The van der Waals surface area contributed by atoms with E-state index in [-0.39, 0.29) is 5.82 Å². The molecule has 0 unspecified atom stereocenters. The third-order valence-electron chi connectivity index (χ3n) is 1.82. The highest BCUT2D eigenvalue weighted by molar-refractivity contribution is 5.84. The molecule has 0 saturated carbocycles. The molecule has 0 aliphatic carbocycles. The van der Waals surface area contributed by atoms with Crippen molar-refractivity contribution >= 4 is 18.0 Å². The quantitative estimate of drug-likeness (QED) is 0.856. The molecule has 0 fully saturated rings. The summed E-state index contributed by atoms with van der Waals surface area (Å²) in [7, 11) is 0. The summed E-state index contributed by atoms with van der Waals surface area (Å²) in [6, 6.07) is 0. The van der Waals surface area contributed by atoms with Crippen molar-refractivity contribution in [3.63, 3.8) is 0 Å². The molecule has 1 heterocycles. The summed E-state index contributed by atoms with van der Waals surface area (Å²) in [6.45, 7) is 10.6. The van der Waals surface area contributed by atoms with Crippen LogP contribution >= 0.6 is 0 Å². The van der Waals surface area contributed by atoms with Crippen LogP contribution in [0.25, 0.3) is 0 Å². The largest absolute Gasteiger partial charge is 0.444 e. The molecule has 0 aromatic carbocycles. The van der Waals surface area contributed by atoms with Gasteiger partial charge in [0.1, 0.15) is 17.5 Å². The van der Waals surface area contributed by atoms with Crippen molar-refractivity contribution in [3.8, 4) is 0 Å². The van der Waals surface area contributed by atoms with Crippen molar-refractivity contribution in [1.29, 1.82) is 0 Å². The lowest BCUT2D eigenvalue weighted by molar-refractivity contribution is 0.0534. The highest BCUT2D eigenvalue weighted by Crippen LogP contribution is 2.12. The molecule has 7 heteroatoms. The zero-order valence-electron chi connectivity index (χ0n) is 12.7. The maximum atomic E-state index is 11.7. The second-order valence-corrected chi connectivity index (χ2v) is 6.27. The number of anilines is 1. The lowest BCUT2D eigenvalue weighted by Crippen LogP contribution is -2.27. The minimum absolute atomic E-state index is 0.213. The fourth-order valence-corrected chi connectivity index (χ4v) is 1.21. The molecular weight excluding hydrogens is 262 g/mol. The van der Waals surface area contributed by atoms with Crippen molar-refractivity contribution in [3.05, 3.63) is 12.5 Å². The predicted molar refractivity (Wildman–Crippen MR) is 73.7 cm³/mol. The number of hydrogen-bond donors (Lipinski definition) is 1. The maximum absolute atomic E-state index is 11.7. The van der Waals surface area contributed by atoms with E-state index < -0.39 is 23.4 Å². The highest BCUT2D eigenvalue weighted by Gasteiger charge is 2.20. The second-order valence-electron chi connectivity index (χ2n) is 6.27. The lowest BCUT2D eigenvalue weighted by Gasteiger charge is -2.19. The predicted octanol–water partition coefficient (Wildman–Crippen LogP) is 3.01. The Hall–Kier alpha value is -2.05. The maximum Gasteiger partial charge on any atom is 0.419 e. The van der Waals surface area contributed by atoms with Gasteiger partial charge in [0, 0.05) is 0 Å². The zero-order chi connectivity index (χ0) is 15.6. The van der Waals surface area contributed by atoms with Gasteiger partial charge in [-0.2, -0.15) is 0 Å². The summed E-state index contributed by atoms with van der Waals surface area (Å²) in [6.07, 6.45) is 1.42. The van der Waals surface area contributed by atoms with Gasteiger partial charge >= 0.3 is 12.2 Å². The summed E-state index contributed by atoms with van der Waals surface area (Å²) in [5.74, 6) is 0.213. The fraction of sp³-hybridized carbons (Fsp3) is 0.615. The Kier molecular flexibility index (Phi) is 4.42. The number of hydrogen-bond acceptors (Lipinski definition) is 5. The summed E-state index contributed by atoms with van der Waals surface area (Å²) in [4.78, 5) is 27.2. The first-order valence-corrected chi connectivity index (χ1v) is 6.24. The number of rotatable bonds is 1. The number of imidazole rings is 1. The van der Waals surface area contributed by atoms with E-state index >= 15 is 0 Å². The average molecular weight is 283 g/mol. The van der Waals surface area contributed by atoms with E-state index in [2.05, 4.69) is 10.3 Å². The molecule has 7 nitrogen and oxygen atoms in total. The molecule has 20 heavy (non-hydrogen) atoms. The van der Waals surface area contributed by atoms with Crippen molar-refractivity contribution in [2.75, 3.05) is 5.32 Å². The fourth-order valence-electron chi connectivity index (χ4n) is 1.21. The molecule has 0 aliphatic rings. The van der Waals surface area contributed by atoms with Gasteiger partial charge in [-0.1, -0.05) is 0 Å². The van der Waals surface area contributed by atoms with Crippen LogP contribution in [0.5, 0.6) is 0 Å². The van der Waals surface area contributed by atoms with Gasteiger partial charge < -0.3 is 9.47 Å². The van der Waals surface area contributed by atoms with Crippen LogP contribution in [0.2, 0.25) is 0 Å². The van der Waals surface area contributed by atoms with E-state index in [1.807, 2.05) is 0 Å². The van der Waals surface area contributed by atoms with E-state index in [0.717, 1.165) is 4.57 Å². The van der Waals surface area contributed by atoms with Crippen LogP contribution in [0.1, 0.15) is 41.5 Å². The first-order valence-electron chi connectivity index (χ1n) is 6.24. The summed E-state index contributed by atoms with van der Waals surface area (Å²) >= 11 is 0. The lowest BCUT2D eigenvalue weighted by atomic mass is 10.2. The van der Waals surface area contributed by atoms with Crippen LogP contribution in [-0.4, -0.2) is 32.9 Å². The molecule has 1 N–H and O–H groups in total. The average Bonchev–Trinajstić information content (AvgIpc) is 2.59. The van der Waals surface area contributed by atoms with Gasteiger partial charge in [0.15, 0.2) is 5.82 Å². The third-order valence-corrected chi connectivity index (χ3v) is 1.82. The first kappa shape index (κ1) is 16.0. The molecule has 1 aromatic heterocycles. The number of amides is 1. The van der Waals surface area contributed by atoms with E-state index in [1.165, 1.54) is 12.5 Å². The normalized spacial score (nSPS) is 11.9. The van der Waals surface area contributed by atoms with Crippen LogP contribution in [0.4, 0.5) is 15.4 Å². The van der Waals surface area contributed by atoms with Crippen molar-refractivity contribution in [2.45, 2.75) is 52.7 Å². The zero-order valence-corrected chi connectivity index (χ0v) is 12.7. The van der Waals surface area contributed by atoms with E-state index in [0.29, 0.717) is 0 Å². The Balaban J connectivity index is 2.64. The van der Waals surface area contributed by atoms with Crippen molar-refractivity contribution in [2.24, 2.45) is 0 Å². The minimum atomic E-state index is -0.632. The number of nitrogens with zero attached hydrogens (tertiary/aromatic N) is 2. The van der Waals surface area contributed by atoms with Gasteiger partial charge in [-0.3, -0.25) is 5.32 Å². The van der Waals surface area contributed by atoms with Gasteiger partial charge in [0.25, 0.3) is 0 Å². The molecular formula is C13H21N3O4.